The maximum atomic E-state index is 5.41. The van der Waals surface area contributed by atoms with E-state index in [-0.39, 0.29) is 24.8 Å². The van der Waals surface area contributed by atoms with Crippen molar-refractivity contribution in [2.45, 2.75) is 26.3 Å². The topological polar surface area (TPSA) is 38.9 Å². The largest absolute Gasteiger partial charge is 0.325 e. The quantitative estimate of drug-likeness (QED) is 0.846. The van der Waals surface area contributed by atoms with E-state index in [4.69, 9.17) is 5.73 Å². The molecule has 2 nitrogen and oxygen atoms in total. The number of nitrogens with two attached hydrogens (primary N) is 1. The summed E-state index contributed by atoms with van der Waals surface area (Å²) in [5.41, 5.74) is 6.42. The molecule has 0 aliphatic rings. The Morgan fingerprint density at radius 2 is 2.08 bits per heavy atom. The van der Waals surface area contributed by atoms with Crippen molar-refractivity contribution in [3.8, 4) is 0 Å². The Morgan fingerprint density at radius 1 is 1.50 bits per heavy atom. The molecular formula is C7H14Cl2N2S. The molecular weight excluding hydrogens is 215 g/mol. The van der Waals surface area contributed by atoms with Crippen LogP contribution in [0.1, 0.15) is 30.5 Å². The van der Waals surface area contributed by atoms with Crippen LogP contribution in [0.25, 0.3) is 0 Å². The van der Waals surface area contributed by atoms with Crippen molar-refractivity contribution in [2.24, 2.45) is 5.73 Å². The molecule has 0 aliphatic heterocycles. The summed E-state index contributed by atoms with van der Waals surface area (Å²) in [6, 6.07) is 0. The van der Waals surface area contributed by atoms with E-state index >= 15 is 0 Å². The molecule has 0 aromatic carbocycles. The summed E-state index contributed by atoms with van der Waals surface area (Å²) in [5, 5.41) is 3.20. The third-order valence-corrected chi connectivity index (χ3v) is 2.47. The molecule has 1 aromatic rings. The standard InChI is InChI=1S/C7H12N2S.2ClH/c1-5(2)7-9-6(3-8)4-10-7;;/h4-5H,3,8H2,1-2H3;2*1H. The van der Waals surface area contributed by atoms with Gasteiger partial charge in [0.2, 0.25) is 0 Å². The average molecular weight is 229 g/mol. The van der Waals surface area contributed by atoms with Gasteiger partial charge in [0, 0.05) is 17.8 Å². The summed E-state index contributed by atoms with van der Waals surface area (Å²) in [7, 11) is 0. The predicted octanol–water partition coefficient (Wildman–Crippen LogP) is 2.57. The van der Waals surface area contributed by atoms with E-state index in [1.165, 1.54) is 5.01 Å². The zero-order valence-electron chi connectivity index (χ0n) is 7.11. The first kappa shape index (κ1) is 14.7. The minimum atomic E-state index is 0. The molecule has 0 radical (unpaired) electrons. The second-order valence-corrected chi connectivity index (χ2v) is 3.43. The number of hydrogen-bond acceptors (Lipinski definition) is 3. The lowest BCUT2D eigenvalue weighted by Gasteiger charge is -1.95. The number of thiazole rings is 1. The van der Waals surface area contributed by atoms with Gasteiger partial charge in [-0.1, -0.05) is 13.8 Å². The van der Waals surface area contributed by atoms with Crippen LogP contribution in [0.5, 0.6) is 0 Å². The van der Waals surface area contributed by atoms with Crippen LogP contribution in [0.4, 0.5) is 0 Å². The molecule has 0 atom stereocenters. The second-order valence-electron chi connectivity index (χ2n) is 2.54. The highest BCUT2D eigenvalue weighted by Crippen LogP contribution is 2.18. The van der Waals surface area contributed by atoms with Gasteiger partial charge in [0.25, 0.3) is 0 Å². The Bertz CT molecular complexity index is 213. The van der Waals surface area contributed by atoms with Crippen molar-refractivity contribution in [1.29, 1.82) is 0 Å². The highest BCUT2D eigenvalue weighted by Gasteiger charge is 2.03. The normalized spacial score (nSPS) is 9.00. The van der Waals surface area contributed by atoms with Gasteiger partial charge >= 0.3 is 0 Å². The lowest BCUT2D eigenvalue weighted by atomic mass is 10.2. The molecule has 0 saturated heterocycles. The van der Waals surface area contributed by atoms with Gasteiger partial charge in [0.05, 0.1) is 10.7 Å². The van der Waals surface area contributed by atoms with Crippen molar-refractivity contribution < 1.29 is 0 Å². The number of halogens is 2. The van der Waals surface area contributed by atoms with Crippen LogP contribution in [0.3, 0.4) is 0 Å². The zero-order valence-corrected chi connectivity index (χ0v) is 9.56. The van der Waals surface area contributed by atoms with E-state index in [0.717, 1.165) is 5.69 Å². The molecule has 0 saturated carbocycles. The summed E-state index contributed by atoms with van der Waals surface area (Å²) < 4.78 is 0. The van der Waals surface area contributed by atoms with Crippen LogP contribution in [0.15, 0.2) is 5.38 Å². The molecule has 0 aliphatic carbocycles. The molecule has 1 aromatic heterocycles. The van der Waals surface area contributed by atoms with E-state index in [9.17, 15) is 0 Å². The monoisotopic (exact) mass is 228 g/mol. The number of aromatic nitrogens is 1. The molecule has 72 valence electrons. The lowest BCUT2D eigenvalue weighted by molar-refractivity contribution is 0.837. The average Bonchev–Trinajstić information content (AvgIpc) is 2.34. The van der Waals surface area contributed by atoms with E-state index in [2.05, 4.69) is 18.8 Å². The van der Waals surface area contributed by atoms with Crippen LogP contribution in [-0.4, -0.2) is 4.98 Å². The van der Waals surface area contributed by atoms with Crippen molar-refractivity contribution in [3.05, 3.63) is 16.1 Å². The van der Waals surface area contributed by atoms with Gasteiger partial charge in [-0.3, -0.25) is 0 Å². The third kappa shape index (κ3) is 3.72. The first-order chi connectivity index (χ1) is 4.74. The van der Waals surface area contributed by atoms with Crippen LogP contribution in [0, 0.1) is 0 Å². The van der Waals surface area contributed by atoms with Crippen LogP contribution < -0.4 is 5.73 Å². The van der Waals surface area contributed by atoms with Crippen molar-refractivity contribution in [1.82, 2.24) is 4.98 Å². The second kappa shape index (κ2) is 6.66. The highest BCUT2D eigenvalue weighted by molar-refractivity contribution is 7.09. The molecule has 0 unspecified atom stereocenters. The number of rotatable bonds is 2. The van der Waals surface area contributed by atoms with E-state index < -0.39 is 0 Å². The van der Waals surface area contributed by atoms with Gasteiger partial charge in [-0.2, -0.15) is 0 Å². The minimum Gasteiger partial charge on any atom is -0.325 e. The molecule has 2 N–H and O–H groups in total. The van der Waals surface area contributed by atoms with Gasteiger partial charge in [-0.05, 0) is 0 Å². The lowest BCUT2D eigenvalue weighted by Crippen LogP contribution is -1.96. The molecule has 0 amide bonds. The maximum absolute atomic E-state index is 5.41. The first-order valence-corrected chi connectivity index (χ1v) is 4.26. The van der Waals surface area contributed by atoms with Gasteiger partial charge in [-0.25, -0.2) is 4.98 Å². The van der Waals surface area contributed by atoms with Gasteiger partial charge < -0.3 is 5.73 Å². The summed E-state index contributed by atoms with van der Waals surface area (Å²) in [4.78, 5) is 4.32. The Balaban J connectivity index is 0. The number of hydrogen-bond donors (Lipinski definition) is 1. The molecule has 1 heterocycles. The van der Waals surface area contributed by atoms with Crippen molar-refractivity contribution >= 4 is 36.2 Å². The summed E-state index contributed by atoms with van der Waals surface area (Å²) >= 11 is 1.69. The zero-order chi connectivity index (χ0) is 7.56. The Labute approximate surface area is 89.4 Å². The van der Waals surface area contributed by atoms with Crippen molar-refractivity contribution in [3.63, 3.8) is 0 Å². The SMILES string of the molecule is CC(C)c1nc(CN)cs1.Cl.Cl. The Hall–Kier alpha value is 0.170. The summed E-state index contributed by atoms with van der Waals surface area (Å²) in [6.45, 7) is 4.83. The molecule has 5 heteroatoms. The third-order valence-electron chi connectivity index (χ3n) is 1.27. The molecule has 0 bridgehead atoms. The molecule has 1 rings (SSSR count). The van der Waals surface area contributed by atoms with Crippen LogP contribution in [-0.2, 0) is 6.54 Å². The fraction of sp³-hybridized carbons (Fsp3) is 0.571. The fourth-order valence-electron chi connectivity index (χ4n) is 0.682. The molecule has 12 heavy (non-hydrogen) atoms. The van der Waals surface area contributed by atoms with Gasteiger partial charge in [0.1, 0.15) is 0 Å². The van der Waals surface area contributed by atoms with Gasteiger partial charge in [0.15, 0.2) is 0 Å². The Morgan fingerprint density at radius 3 is 2.33 bits per heavy atom. The van der Waals surface area contributed by atoms with Gasteiger partial charge in [-0.15, -0.1) is 36.2 Å². The van der Waals surface area contributed by atoms with Crippen molar-refractivity contribution in [2.75, 3.05) is 0 Å². The predicted molar refractivity (Wildman–Crippen MR) is 58.6 cm³/mol. The summed E-state index contributed by atoms with van der Waals surface area (Å²) in [5.74, 6) is 0.533. The first-order valence-electron chi connectivity index (χ1n) is 3.38. The highest BCUT2D eigenvalue weighted by atomic mass is 35.5. The molecule has 0 spiro atoms. The Kier molecular flexibility index (Phi) is 8.15. The van der Waals surface area contributed by atoms with E-state index in [1.54, 1.807) is 11.3 Å². The fourth-order valence-corrected chi connectivity index (χ4v) is 1.53. The van der Waals surface area contributed by atoms with Crippen LogP contribution >= 0.6 is 36.2 Å². The summed E-state index contributed by atoms with van der Waals surface area (Å²) in [6.07, 6.45) is 0. The number of nitrogens with zero attached hydrogens (tertiary/aromatic N) is 1. The smallest absolute Gasteiger partial charge is 0.0954 e. The van der Waals surface area contributed by atoms with Crippen LogP contribution in [0.2, 0.25) is 0 Å². The van der Waals surface area contributed by atoms with E-state index in [0.29, 0.717) is 12.5 Å². The molecule has 0 fully saturated rings. The van der Waals surface area contributed by atoms with E-state index in [1.807, 2.05) is 5.38 Å². The maximum Gasteiger partial charge on any atom is 0.0954 e. The minimum absolute atomic E-state index is 0.